The van der Waals surface area contributed by atoms with Gasteiger partial charge >= 0.3 is 0 Å². The van der Waals surface area contributed by atoms with E-state index in [9.17, 15) is 5.26 Å². The molecule has 0 radical (unpaired) electrons. The lowest BCUT2D eigenvalue weighted by Crippen LogP contribution is -2.30. The van der Waals surface area contributed by atoms with Gasteiger partial charge in [0.25, 0.3) is 0 Å². The number of rotatable bonds is 4. The van der Waals surface area contributed by atoms with Crippen molar-refractivity contribution in [3.63, 3.8) is 0 Å². The Hall–Kier alpha value is -2.27. The number of nitrogens with zero attached hydrogens (tertiary/aromatic N) is 2. The van der Waals surface area contributed by atoms with Crippen molar-refractivity contribution in [1.82, 2.24) is 0 Å². The Bertz CT molecular complexity index is 606. The fourth-order valence-electron chi connectivity index (χ4n) is 2.26. The van der Waals surface area contributed by atoms with Crippen LogP contribution in [0.5, 0.6) is 0 Å². The molecular weight excluding hydrogens is 244 g/mol. The van der Waals surface area contributed by atoms with Crippen LogP contribution in [0, 0.1) is 18.3 Å². The molecule has 0 amide bonds. The van der Waals surface area contributed by atoms with Crippen molar-refractivity contribution in [2.45, 2.75) is 33.4 Å². The van der Waals surface area contributed by atoms with Gasteiger partial charge in [-0.15, -0.1) is 0 Å². The van der Waals surface area contributed by atoms with Gasteiger partial charge in [-0.2, -0.15) is 5.26 Å². The quantitative estimate of drug-likeness (QED) is 0.824. The maximum absolute atomic E-state index is 9.21. The predicted molar refractivity (Wildman–Crippen MR) is 83.7 cm³/mol. The molecule has 102 valence electrons. The van der Waals surface area contributed by atoms with Crippen molar-refractivity contribution in [3.8, 4) is 6.07 Å². The summed E-state index contributed by atoms with van der Waals surface area (Å²) >= 11 is 0. The van der Waals surface area contributed by atoms with Crippen molar-refractivity contribution < 1.29 is 0 Å². The average molecular weight is 264 g/mol. The molecule has 0 atom stereocenters. The molecule has 0 unspecified atom stereocenters. The summed E-state index contributed by atoms with van der Waals surface area (Å²) in [5.41, 5.74) is 4.28. The molecule has 0 spiro atoms. The van der Waals surface area contributed by atoms with Crippen molar-refractivity contribution in [3.05, 3.63) is 65.2 Å². The summed E-state index contributed by atoms with van der Waals surface area (Å²) < 4.78 is 0. The topological polar surface area (TPSA) is 27.0 Å². The fourth-order valence-corrected chi connectivity index (χ4v) is 2.26. The van der Waals surface area contributed by atoms with Crippen LogP contribution in [0.3, 0.4) is 0 Å². The molecule has 0 N–H and O–H groups in total. The van der Waals surface area contributed by atoms with Gasteiger partial charge in [0.05, 0.1) is 11.6 Å². The zero-order valence-corrected chi connectivity index (χ0v) is 12.3. The summed E-state index contributed by atoms with van der Waals surface area (Å²) in [5.74, 6) is 0. The van der Waals surface area contributed by atoms with E-state index >= 15 is 0 Å². The molecule has 0 saturated heterocycles. The number of benzene rings is 2. The van der Waals surface area contributed by atoms with Crippen molar-refractivity contribution >= 4 is 5.69 Å². The van der Waals surface area contributed by atoms with E-state index in [2.05, 4.69) is 56.0 Å². The largest absolute Gasteiger partial charge is 0.365 e. The zero-order chi connectivity index (χ0) is 14.5. The molecule has 2 heteroatoms. The lowest BCUT2D eigenvalue weighted by Gasteiger charge is -2.29. The summed E-state index contributed by atoms with van der Waals surface area (Å²) in [6, 6.07) is 19.0. The first-order chi connectivity index (χ1) is 9.61. The van der Waals surface area contributed by atoms with E-state index in [1.807, 2.05) is 24.3 Å². The first-order valence-electron chi connectivity index (χ1n) is 6.93. The van der Waals surface area contributed by atoms with E-state index in [0.717, 1.165) is 17.7 Å². The SMILES string of the molecule is Cc1ccc(N(Cc2ccccc2C#N)C(C)C)cc1. The van der Waals surface area contributed by atoms with Crippen molar-refractivity contribution in [1.29, 1.82) is 5.26 Å². The van der Waals surface area contributed by atoms with E-state index < -0.39 is 0 Å². The average Bonchev–Trinajstić information content (AvgIpc) is 2.46. The van der Waals surface area contributed by atoms with Crippen LogP contribution in [0.2, 0.25) is 0 Å². The van der Waals surface area contributed by atoms with Crippen LogP contribution in [-0.4, -0.2) is 6.04 Å². The molecule has 0 aliphatic rings. The van der Waals surface area contributed by atoms with Crippen LogP contribution in [0.25, 0.3) is 0 Å². The second-order valence-corrected chi connectivity index (χ2v) is 5.33. The molecule has 2 aromatic rings. The molecule has 0 bridgehead atoms. The van der Waals surface area contributed by atoms with Gasteiger partial charge in [-0.1, -0.05) is 35.9 Å². The minimum absolute atomic E-state index is 0.379. The zero-order valence-electron chi connectivity index (χ0n) is 12.3. The molecule has 0 aliphatic heterocycles. The maximum Gasteiger partial charge on any atom is 0.0995 e. The Morgan fingerprint density at radius 1 is 1.05 bits per heavy atom. The van der Waals surface area contributed by atoms with Crippen LogP contribution < -0.4 is 4.90 Å². The van der Waals surface area contributed by atoms with Crippen LogP contribution in [0.15, 0.2) is 48.5 Å². The molecule has 0 saturated carbocycles. The predicted octanol–water partition coefficient (Wildman–Crippen LogP) is 4.28. The molecule has 0 heterocycles. The van der Waals surface area contributed by atoms with Gasteiger partial charge < -0.3 is 4.90 Å². The number of anilines is 1. The van der Waals surface area contributed by atoms with E-state index in [1.54, 1.807) is 0 Å². The molecule has 0 aliphatic carbocycles. The van der Waals surface area contributed by atoms with Crippen LogP contribution in [0.1, 0.15) is 30.5 Å². The number of nitriles is 1. The van der Waals surface area contributed by atoms with Gasteiger partial charge in [-0.05, 0) is 44.5 Å². The Labute approximate surface area is 121 Å². The van der Waals surface area contributed by atoms with Crippen LogP contribution in [-0.2, 0) is 6.54 Å². The molecule has 2 rings (SSSR count). The summed E-state index contributed by atoms with van der Waals surface area (Å²) in [7, 11) is 0. The monoisotopic (exact) mass is 264 g/mol. The number of hydrogen-bond donors (Lipinski definition) is 0. The summed E-state index contributed by atoms with van der Waals surface area (Å²) in [6.07, 6.45) is 0. The highest BCUT2D eigenvalue weighted by Crippen LogP contribution is 2.22. The fraction of sp³-hybridized carbons (Fsp3) is 0.278. The lowest BCUT2D eigenvalue weighted by molar-refractivity contribution is 0.682. The molecule has 20 heavy (non-hydrogen) atoms. The van der Waals surface area contributed by atoms with Gasteiger partial charge in [0.1, 0.15) is 0 Å². The Morgan fingerprint density at radius 3 is 2.30 bits per heavy atom. The van der Waals surface area contributed by atoms with Gasteiger partial charge in [-0.25, -0.2) is 0 Å². The number of hydrogen-bond acceptors (Lipinski definition) is 2. The Balaban J connectivity index is 2.31. The second-order valence-electron chi connectivity index (χ2n) is 5.33. The molecule has 0 fully saturated rings. The second kappa shape index (κ2) is 6.25. The normalized spacial score (nSPS) is 10.3. The summed E-state index contributed by atoms with van der Waals surface area (Å²) in [5, 5.41) is 9.21. The maximum atomic E-state index is 9.21. The van der Waals surface area contributed by atoms with Gasteiger partial charge in [0.15, 0.2) is 0 Å². The Kier molecular flexibility index (Phi) is 4.42. The Morgan fingerprint density at radius 2 is 1.70 bits per heavy atom. The highest BCUT2D eigenvalue weighted by Gasteiger charge is 2.13. The highest BCUT2D eigenvalue weighted by molar-refractivity contribution is 5.50. The van der Waals surface area contributed by atoms with Gasteiger partial charge in [-0.3, -0.25) is 0 Å². The third-order valence-corrected chi connectivity index (χ3v) is 3.47. The third-order valence-electron chi connectivity index (χ3n) is 3.47. The van der Waals surface area contributed by atoms with E-state index in [1.165, 1.54) is 11.3 Å². The first kappa shape index (κ1) is 14.1. The van der Waals surface area contributed by atoms with E-state index in [4.69, 9.17) is 0 Å². The smallest absolute Gasteiger partial charge is 0.0995 e. The summed E-state index contributed by atoms with van der Waals surface area (Å²) in [6.45, 7) is 7.20. The van der Waals surface area contributed by atoms with Gasteiger partial charge in [0.2, 0.25) is 0 Å². The van der Waals surface area contributed by atoms with Crippen LogP contribution in [0.4, 0.5) is 5.69 Å². The standard InChI is InChI=1S/C18H20N2/c1-14(2)20(18-10-8-15(3)9-11-18)13-17-7-5-4-6-16(17)12-19/h4-11,14H,13H2,1-3H3. The minimum Gasteiger partial charge on any atom is -0.365 e. The third kappa shape index (κ3) is 3.19. The van der Waals surface area contributed by atoms with E-state index in [-0.39, 0.29) is 0 Å². The molecular formula is C18H20N2. The van der Waals surface area contributed by atoms with Crippen molar-refractivity contribution in [2.75, 3.05) is 4.90 Å². The number of aryl methyl sites for hydroxylation is 1. The molecule has 0 aromatic heterocycles. The molecule has 2 nitrogen and oxygen atoms in total. The summed E-state index contributed by atoms with van der Waals surface area (Å²) in [4.78, 5) is 2.32. The lowest BCUT2D eigenvalue weighted by atomic mass is 10.1. The van der Waals surface area contributed by atoms with Crippen LogP contribution >= 0.6 is 0 Å². The van der Waals surface area contributed by atoms with Gasteiger partial charge in [0, 0.05) is 18.3 Å². The van der Waals surface area contributed by atoms with Crippen molar-refractivity contribution in [2.24, 2.45) is 0 Å². The minimum atomic E-state index is 0.379. The molecule has 2 aromatic carbocycles. The highest BCUT2D eigenvalue weighted by atomic mass is 15.1. The first-order valence-corrected chi connectivity index (χ1v) is 6.93. The van der Waals surface area contributed by atoms with E-state index in [0.29, 0.717) is 6.04 Å².